The van der Waals surface area contributed by atoms with Crippen LogP contribution in [0.15, 0.2) is 85.3 Å². The van der Waals surface area contributed by atoms with Gasteiger partial charge in [-0.1, -0.05) is 50.2 Å². The number of amides is 1. The molecule has 5 rings (SSSR count). The van der Waals surface area contributed by atoms with Crippen molar-refractivity contribution in [2.75, 3.05) is 13.1 Å². The molecule has 2 aromatic heterocycles. The first-order valence-corrected chi connectivity index (χ1v) is 13.2. The lowest BCUT2D eigenvalue weighted by molar-refractivity contribution is 0.0602. The smallest absolute Gasteiger partial charge is 0.253 e. The van der Waals surface area contributed by atoms with Crippen molar-refractivity contribution < 1.29 is 9.59 Å². The van der Waals surface area contributed by atoms with Crippen LogP contribution in [0.3, 0.4) is 0 Å². The molecule has 5 nitrogen and oxygen atoms in total. The Labute approximate surface area is 224 Å². The Morgan fingerprint density at radius 3 is 2.34 bits per heavy atom. The van der Waals surface area contributed by atoms with E-state index in [0.29, 0.717) is 36.1 Å². The zero-order valence-corrected chi connectivity index (χ0v) is 22.2. The maximum atomic E-state index is 13.2. The quantitative estimate of drug-likeness (QED) is 0.264. The minimum atomic E-state index is 0.0139. The highest BCUT2D eigenvalue weighted by atomic mass is 16.2. The number of aryl methyl sites for hydroxylation is 1. The number of aromatic nitrogens is 2. The van der Waals surface area contributed by atoms with E-state index in [1.807, 2.05) is 54.4 Å². The lowest BCUT2D eigenvalue weighted by atomic mass is 9.89. The summed E-state index contributed by atoms with van der Waals surface area (Å²) < 4.78 is 0. The molecule has 0 N–H and O–H groups in total. The summed E-state index contributed by atoms with van der Waals surface area (Å²) in [5.74, 6) is 0.882. The highest BCUT2D eigenvalue weighted by Crippen LogP contribution is 2.30. The molecule has 38 heavy (non-hydrogen) atoms. The molecule has 3 heterocycles. The Bertz CT molecular complexity index is 1420. The second-order valence-corrected chi connectivity index (χ2v) is 10.6. The van der Waals surface area contributed by atoms with E-state index in [1.165, 1.54) is 5.56 Å². The van der Waals surface area contributed by atoms with Crippen molar-refractivity contribution in [3.63, 3.8) is 0 Å². The van der Waals surface area contributed by atoms with E-state index in [4.69, 9.17) is 0 Å². The van der Waals surface area contributed by atoms with Crippen LogP contribution < -0.4 is 0 Å². The predicted octanol–water partition coefficient (Wildman–Crippen LogP) is 6.32. The monoisotopic (exact) mass is 503 g/mol. The van der Waals surface area contributed by atoms with Crippen molar-refractivity contribution in [3.05, 3.63) is 119 Å². The molecule has 1 fully saturated rings. The molecule has 0 spiro atoms. The fourth-order valence-corrected chi connectivity index (χ4v) is 4.92. The molecule has 1 aliphatic rings. The van der Waals surface area contributed by atoms with Crippen LogP contribution in [0, 0.1) is 12.8 Å². The van der Waals surface area contributed by atoms with Crippen LogP contribution in [-0.4, -0.2) is 39.6 Å². The van der Waals surface area contributed by atoms with Crippen LogP contribution in [0.4, 0.5) is 0 Å². The molecule has 0 saturated carbocycles. The summed E-state index contributed by atoms with van der Waals surface area (Å²) >= 11 is 0. The average molecular weight is 504 g/mol. The van der Waals surface area contributed by atoms with Gasteiger partial charge in [0.15, 0.2) is 5.78 Å². The highest BCUT2D eigenvalue weighted by Gasteiger charge is 2.32. The number of carbonyl (C=O) groups excluding carboxylic acids is 2. The second-order valence-electron chi connectivity index (χ2n) is 10.6. The number of hydrogen-bond donors (Lipinski definition) is 0. The molecular weight excluding hydrogens is 470 g/mol. The maximum absolute atomic E-state index is 13.2. The van der Waals surface area contributed by atoms with Crippen LogP contribution in [0.5, 0.6) is 0 Å². The van der Waals surface area contributed by atoms with Crippen LogP contribution in [0.1, 0.15) is 62.9 Å². The molecule has 1 saturated heterocycles. The summed E-state index contributed by atoms with van der Waals surface area (Å²) in [6.45, 7) is 7.68. The predicted molar refractivity (Wildman–Crippen MR) is 150 cm³/mol. The zero-order chi connectivity index (χ0) is 26.6. The van der Waals surface area contributed by atoms with Gasteiger partial charge >= 0.3 is 0 Å². The van der Waals surface area contributed by atoms with Gasteiger partial charge < -0.3 is 4.90 Å². The number of likely N-dealkylation sites (tertiary alicyclic amines) is 1. The lowest BCUT2D eigenvalue weighted by Gasteiger charge is -2.39. The first kappa shape index (κ1) is 25.5. The maximum Gasteiger partial charge on any atom is 0.253 e. The van der Waals surface area contributed by atoms with Crippen molar-refractivity contribution in [2.45, 2.75) is 39.5 Å². The minimum Gasteiger partial charge on any atom is -0.337 e. The van der Waals surface area contributed by atoms with Crippen molar-refractivity contribution >= 4 is 11.7 Å². The average Bonchev–Trinajstić information content (AvgIpc) is 2.90. The molecule has 192 valence electrons. The summed E-state index contributed by atoms with van der Waals surface area (Å²) in [6.07, 6.45) is 6.46. The largest absolute Gasteiger partial charge is 0.337 e. The molecule has 5 heteroatoms. The minimum absolute atomic E-state index is 0.0139. The van der Waals surface area contributed by atoms with Crippen molar-refractivity contribution in [3.8, 4) is 11.1 Å². The summed E-state index contributed by atoms with van der Waals surface area (Å²) in [7, 11) is 0. The fourth-order valence-electron chi connectivity index (χ4n) is 4.92. The number of Topliss-reactive ketones (excluding diaryl/α,β-unsaturated/α-hetero) is 1. The molecule has 2 aromatic carbocycles. The van der Waals surface area contributed by atoms with Crippen LogP contribution in [-0.2, 0) is 12.8 Å². The van der Waals surface area contributed by atoms with Crippen LogP contribution in [0.25, 0.3) is 11.1 Å². The number of nitrogens with zero attached hydrogens (tertiary/aromatic N) is 3. The Balaban J connectivity index is 1.20. The van der Waals surface area contributed by atoms with Gasteiger partial charge in [0, 0.05) is 60.8 Å². The lowest BCUT2D eigenvalue weighted by Crippen LogP contribution is -2.48. The third kappa shape index (κ3) is 5.72. The van der Waals surface area contributed by atoms with E-state index in [9.17, 15) is 9.59 Å². The van der Waals surface area contributed by atoms with Gasteiger partial charge in [0.05, 0.1) is 0 Å². The van der Waals surface area contributed by atoms with Gasteiger partial charge in [-0.2, -0.15) is 0 Å². The van der Waals surface area contributed by atoms with Crippen LogP contribution >= 0.6 is 0 Å². The molecule has 0 aliphatic carbocycles. The van der Waals surface area contributed by atoms with Gasteiger partial charge in [-0.25, -0.2) is 0 Å². The summed E-state index contributed by atoms with van der Waals surface area (Å²) in [4.78, 5) is 36.7. The molecule has 0 unspecified atom stereocenters. The Hall–Kier alpha value is -4.12. The van der Waals surface area contributed by atoms with Crippen molar-refractivity contribution in [1.29, 1.82) is 0 Å². The molecule has 4 aromatic rings. The van der Waals surface area contributed by atoms with Gasteiger partial charge in [-0.05, 0) is 77.4 Å². The number of benzene rings is 2. The first-order valence-electron chi connectivity index (χ1n) is 13.2. The Kier molecular flexibility index (Phi) is 7.45. The number of ketones is 1. The summed E-state index contributed by atoms with van der Waals surface area (Å²) in [5, 5.41) is 0. The molecular formula is C33H33N3O2. The third-order valence-electron chi connectivity index (χ3n) is 7.26. The van der Waals surface area contributed by atoms with E-state index in [1.54, 1.807) is 12.4 Å². The van der Waals surface area contributed by atoms with Gasteiger partial charge in [0.25, 0.3) is 5.91 Å². The van der Waals surface area contributed by atoms with Gasteiger partial charge in [0.1, 0.15) is 0 Å². The highest BCUT2D eigenvalue weighted by molar-refractivity contribution is 5.98. The molecule has 1 aliphatic heterocycles. The van der Waals surface area contributed by atoms with E-state index in [-0.39, 0.29) is 18.1 Å². The molecule has 0 radical (unpaired) electrons. The van der Waals surface area contributed by atoms with Crippen molar-refractivity contribution in [2.24, 2.45) is 5.92 Å². The van der Waals surface area contributed by atoms with E-state index in [0.717, 1.165) is 34.4 Å². The second kappa shape index (κ2) is 11.1. The van der Waals surface area contributed by atoms with Gasteiger partial charge in [0.2, 0.25) is 0 Å². The topological polar surface area (TPSA) is 63.2 Å². The number of rotatable bonds is 8. The Morgan fingerprint density at radius 1 is 0.921 bits per heavy atom. The summed E-state index contributed by atoms with van der Waals surface area (Å²) in [5.41, 5.74) is 7.60. The zero-order valence-electron chi connectivity index (χ0n) is 22.2. The normalized spacial score (nSPS) is 13.4. The summed E-state index contributed by atoms with van der Waals surface area (Å²) in [6, 6.07) is 22.0. The van der Waals surface area contributed by atoms with Crippen molar-refractivity contribution in [1.82, 2.24) is 14.9 Å². The van der Waals surface area contributed by atoms with Gasteiger partial charge in [-0.15, -0.1) is 0 Å². The first-order chi connectivity index (χ1) is 18.4. The molecule has 0 atom stereocenters. The number of pyridine rings is 2. The third-order valence-corrected chi connectivity index (χ3v) is 7.26. The Morgan fingerprint density at radius 2 is 1.68 bits per heavy atom. The SMILES string of the molecule is Cc1ccc(C(=O)N2CC(c3ccc(-c4cccnc4)cc3)C2)cc1CC(=O)c1ccc(CC(C)C)nc1. The van der Waals surface area contributed by atoms with Crippen LogP contribution in [0.2, 0.25) is 0 Å². The molecule has 1 amide bonds. The van der Waals surface area contributed by atoms with E-state index in [2.05, 4.69) is 54.1 Å². The van der Waals surface area contributed by atoms with E-state index < -0.39 is 0 Å². The fraction of sp³-hybridized carbons (Fsp3) is 0.273. The number of carbonyl (C=O) groups is 2. The standard InChI is InChI=1S/C33H33N3O2/c1-22(2)15-31-13-12-28(19-35-31)32(37)17-29-16-26(7-6-23(29)3)33(38)36-20-30(21-36)25-10-8-24(9-11-25)27-5-4-14-34-18-27/h4-14,16,18-19,22,30H,15,17,20-21H2,1-3H3. The number of hydrogen-bond acceptors (Lipinski definition) is 4. The van der Waals surface area contributed by atoms with E-state index >= 15 is 0 Å². The van der Waals surface area contributed by atoms with Gasteiger partial charge in [-0.3, -0.25) is 19.6 Å². The molecule has 0 bridgehead atoms.